The van der Waals surface area contributed by atoms with Crippen molar-refractivity contribution in [3.63, 3.8) is 0 Å². The molecule has 4 rings (SSSR count). The van der Waals surface area contributed by atoms with Crippen LogP contribution < -0.4 is 0 Å². The minimum absolute atomic E-state index is 0. The third-order valence-corrected chi connectivity index (χ3v) is 3.90. The number of Topliss-reactive ketones (excluding diaryl/α,β-unsaturated/α-hetero) is 1. The van der Waals surface area contributed by atoms with Gasteiger partial charge in [-0.1, -0.05) is 0 Å². The SMILES string of the molecule is CC(=O)/C=C(/C)O.O=C1C=C(N2CC2)C(=O)C(N2CC2)=C1N1CC1.[AlH3]. The summed E-state index contributed by atoms with van der Waals surface area (Å²) in [6, 6.07) is 0. The van der Waals surface area contributed by atoms with Crippen molar-refractivity contribution in [3.8, 4) is 0 Å². The van der Waals surface area contributed by atoms with Crippen molar-refractivity contribution in [2.45, 2.75) is 13.8 Å². The molecule has 25 heavy (non-hydrogen) atoms. The first-order valence-corrected chi connectivity index (χ1v) is 8.06. The van der Waals surface area contributed by atoms with E-state index in [-0.39, 0.29) is 40.5 Å². The second-order valence-electron chi connectivity index (χ2n) is 6.28. The summed E-state index contributed by atoms with van der Waals surface area (Å²) in [5, 5.41) is 8.36. The van der Waals surface area contributed by atoms with Crippen LogP contribution in [0.4, 0.5) is 0 Å². The van der Waals surface area contributed by atoms with Gasteiger partial charge in [0.15, 0.2) is 23.1 Å². The summed E-state index contributed by atoms with van der Waals surface area (Å²) in [4.78, 5) is 40.5. The van der Waals surface area contributed by atoms with Gasteiger partial charge in [-0.2, -0.15) is 0 Å². The first-order chi connectivity index (χ1) is 11.4. The van der Waals surface area contributed by atoms with E-state index in [1.54, 1.807) is 0 Å². The molecule has 8 heteroatoms. The Morgan fingerprint density at radius 3 is 1.80 bits per heavy atom. The lowest BCUT2D eigenvalue weighted by Crippen LogP contribution is -2.29. The molecule has 0 radical (unpaired) electrons. The van der Waals surface area contributed by atoms with Gasteiger partial charge in [-0.15, -0.1) is 0 Å². The summed E-state index contributed by atoms with van der Waals surface area (Å²) in [6.07, 6.45) is 2.69. The number of aliphatic hydroxyl groups is 1. The smallest absolute Gasteiger partial charge is 0.227 e. The molecule has 3 aliphatic heterocycles. The normalized spacial score (nSPS) is 21.3. The predicted molar refractivity (Wildman–Crippen MR) is 96.8 cm³/mol. The van der Waals surface area contributed by atoms with Crippen LogP contribution in [0, 0.1) is 0 Å². The van der Waals surface area contributed by atoms with Gasteiger partial charge < -0.3 is 19.8 Å². The molecule has 0 aromatic rings. The number of aliphatic hydroxyl groups excluding tert-OH is 1. The highest BCUT2D eigenvalue weighted by atomic mass is 27.0. The van der Waals surface area contributed by atoms with Gasteiger partial charge in [-0.05, 0) is 13.8 Å². The van der Waals surface area contributed by atoms with Crippen LogP contribution in [0.1, 0.15) is 13.8 Å². The van der Waals surface area contributed by atoms with Crippen molar-refractivity contribution < 1.29 is 19.5 Å². The molecule has 0 aromatic heterocycles. The maximum Gasteiger partial charge on any atom is 0.227 e. The minimum atomic E-state index is -0.125. The molecule has 0 bridgehead atoms. The molecule has 0 aromatic carbocycles. The second kappa shape index (κ2) is 7.46. The Hall–Kier alpha value is -2.04. The van der Waals surface area contributed by atoms with Crippen molar-refractivity contribution in [3.05, 3.63) is 35.0 Å². The van der Waals surface area contributed by atoms with Crippen LogP contribution in [0.25, 0.3) is 0 Å². The van der Waals surface area contributed by atoms with Gasteiger partial charge >= 0.3 is 0 Å². The minimum Gasteiger partial charge on any atom is -0.512 e. The van der Waals surface area contributed by atoms with Crippen LogP contribution in [0.5, 0.6) is 0 Å². The molecule has 3 heterocycles. The summed E-state index contributed by atoms with van der Waals surface area (Å²) in [7, 11) is 0. The Bertz CT molecular complexity index is 695. The zero-order chi connectivity index (χ0) is 17.4. The summed E-state index contributed by atoms with van der Waals surface area (Å²) in [5.41, 5.74) is 1.89. The highest BCUT2D eigenvalue weighted by Crippen LogP contribution is 2.33. The first-order valence-electron chi connectivity index (χ1n) is 8.06. The van der Waals surface area contributed by atoms with Gasteiger partial charge in [0.2, 0.25) is 11.6 Å². The molecule has 0 spiro atoms. The number of carbonyl (C=O) groups is 3. The number of allylic oxidation sites excluding steroid dienone is 3. The van der Waals surface area contributed by atoms with Crippen molar-refractivity contribution in [1.82, 2.24) is 14.7 Å². The fraction of sp³-hybridized carbons (Fsp3) is 0.471. The van der Waals surface area contributed by atoms with E-state index < -0.39 is 0 Å². The van der Waals surface area contributed by atoms with Gasteiger partial charge in [0.25, 0.3) is 0 Å². The lowest BCUT2D eigenvalue weighted by atomic mass is 10.0. The molecule has 0 saturated carbocycles. The average Bonchev–Trinajstić information content (AvgIpc) is 3.36. The first kappa shape index (κ1) is 19.3. The van der Waals surface area contributed by atoms with Crippen LogP contribution >= 0.6 is 0 Å². The standard InChI is InChI=1S/C12H13N3O2.C5H8O2.Al.3H/c16-9-7-8(13-1-2-13)12(17)11(15-5-6-15)10(9)14-3-4-14;1-4(6)3-5(2)7;;;;/h7H,1-6H2;3,6H,1-2H3;;;;/b;4-3-;;;;. The van der Waals surface area contributed by atoms with E-state index in [1.807, 2.05) is 14.7 Å². The largest absolute Gasteiger partial charge is 0.512 e. The predicted octanol–water partition coefficient (Wildman–Crippen LogP) is -0.966. The van der Waals surface area contributed by atoms with Crippen LogP contribution in [0.3, 0.4) is 0 Å². The Balaban J connectivity index is 0.000000246. The molecular formula is C17H24AlN3O4. The van der Waals surface area contributed by atoms with Crippen molar-refractivity contribution in [1.29, 1.82) is 0 Å². The quantitative estimate of drug-likeness (QED) is 0.227. The molecule has 134 valence electrons. The maximum absolute atomic E-state index is 12.4. The molecule has 0 atom stereocenters. The van der Waals surface area contributed by atoms with Crippen LogP contribution in [0.2, 0.25) is 0 Å². The summed E-state index contributed by atoms with van der Waals surface area (Å²) < 4.78 is 0. The number of nitrogens with zero attached hydrogens (tertiary/aromatic N) is 3. The van der Waals surface area contributed by atoms with Crippen LogP contribution in [-0.2, 0) is 14.4 Å². The van der Waals surface area contributed by atoms with Gasteiger partial charge in [-0.3, -0.25) is 14.4 Å². The van der Waals surface area contributed by atoms with Crippen LogP contribution in [0.15, 0.2) is 35.0 Å². The van der Waals surface area contributed by atoms with Gasteiger partial charge in [0.05, 0.1) is 11.5 Å². The Kier molecular flexibility index (Phi) is 5.76. The molecule has 0 amide bonds. The van der Waals surface area contributed by atoms with Crippen molar-refractivity contribution in [2.75, 3.05) is 39.3 Å². The van der Waals surface area contributed by atoms with Gasteiger partial charge in [0.1, 0.15) is 11.4 Å². The summed E-state index contributed by atoms with van der Waals surface area (Å²) in [5.74, 6) is -0.0140. The van der Waals surface area contributed by atoms with Crippen LogP contribution in [-0.4, -0.2) is 93.8 Å². The van der Waals surface area contributed by atoms with Crippen molar-refractivity contribution in [2.24, 2.45) is 0 Å². The van der Waals surface area contributed by atoms with Gasteiger partial charge in [0, 0.05) is 51.4 Å². The molecule has 3 fully saturated rings. The van der Waals surface area contributed by atoms with E-state index in [1.165, 1.54) is 26.0 Å². The fourth-order valence-corrected chi connectivity index (χ4v) is 2.57. The highest BCUT2D eigenvalue weighted by Gasteiger charge is 2.43. The third-order valence-electron chi connectivity index (χ3n) is 3.90. The Labute approximate surface area is 157 Å². The molecule has 0 unspecified atom stereocenters. The Morgan fingerprint density at radius 1 is 0.960 bits per heavy atom. The van der Waals surface area contributed by atoms with E-state index in [2.05, 4.69) is 0 Å². The molecular weight excluding hydrogens is 337 g/mol. The summed E-state index contributed by atoms with van der Waals surface area (Å²) in [6.45, 7) is 8.25. The fourth-order valence-electron chi connectivity index (χ4n) is 2.57. The monoisotopic (exact) mass is 361 g/mol. The summed E-state index contributed by atoms with van der Waals surface area (Å²) >= 11 is 0. The van der Waals surface area contributed by atoms with Gasteiger partial charge in [-0.25, -0.2) is 0 Å². The second-order valence-corrected chi connectivity index (χ2v) is 6.28. The average molecular weight is 361 g/mol. The maximum atomic E-state index is 12.4. The zero-order valence-electron chi connectivity index (χ0n) is 13.9. The van der Waals surface area contributed by atoms with E-state index in [0.29, 0.717) is 17.1 Å². The topological polar surface area (TPSA) is 80.5 Å². The highest BCUT2D eigenvalue weighted by molar-refractivity contribution is 6.22. The number of hydrogen-bond acceptors (Lipinski definition) is 7. The molecule has 1 N–H and O–H groups in total. The Morgan fingerprint density at radius 2 is 1.44 bits per heavy atom. The molecule has 1 aliphatic carbocycles. The lowest BCUT2D eigenvalue weighted by Gasteiger charge is -2.21. The molecule has 7 nitrogen and oxygen atoms in total. The number of carbonyl (C=O) groups excluding carboxylic acids is 3. The number of rotatable bonds is 4. The third kappa shape index (κ3) is 4.74. The number of hydrogen-bond donors (Lipinski definition) is 1. The van der Waals surface area contributed by atoms with E-state index in [9.17, 15) is 14.4 Å². The van der Waals surface area contributed by atoms with E-state index >= 15 is 0 Å². The van der Waals surface area contributed by atoms with E-state index in [0.717, 1.165) is 39.3 Å². The lowest BCUT2D eigenvalue weighted by molar-refractivity contribution is -0.117. The van der Waals surface area contributed by atoms with E-state index in [4.69, 9.17) is 5.11 Å². The zero-order valence-corrected chi connectivity index (χ0v) is 13.9. The molecule has 3 saturated heterocycles. The van der Waals surface area contributed by atoms with Crippen molar-refractivity contribution >= 4 is 34.7 Å². The number of ketones is 3. The molecule has 4 aliphatic rings.